The molecule has 1 unspecified atom stereocenters. The summed E-state index contributed by atoms with van der Waals surface area (Å²) in [4.78, 5) is 15.2. The number of likely N-dealkylation sites (tertiary alicyclic amines) is 1. The van der Waals surface area contributed by atoms with Crippen LogP contribution in [0.1, 0.15) is 49.9 Å². The molecular weight excluding hydrogens is 418 g/mol. The molecule has 2 aliphatic heterocycles. The van der Waals surface area contributed by atoms with Gasteiger partial charge in [0.25, 0.3) is 0 Å². The van der Waals surface area contributed by atoms with E-state index in [2.05, 4.69) is 28.8 Å². The Morgan fingerprint density at radius 3 is 2.68 bits per heavy atom. The monoisotopic (exact) mass is 453 g/mol. The number of hydrogen-bond donors (Lipinski definition) is 2. The van der Waals surface area contributed by atoms with Gasteiger partial charge in [0.15, 0.2) is 5.78 Å². The van der Waals surface area contributed by atoms with Gasteiger partial charge in [0.2, 0.25) is 10.0 Å². The van der Waals surface area contributed by atoms with E-state index in [0.29, 0.717) is 42.7 Å². The van der Waals surface area contributed by atoms with Gasteiger partial charge in [-0.1, -0.05) is 6.92 Å². The van der Waals surface area contributed by atoms with Gasteiger partial charge in [0, 0.05) is 50.7 Å². The molecule has 2 N–H and O–H groups in total. The zero-order valence-electron chi connectivity index (χ0n) is 18.8. The predicted octanol–water partition coefficient (Wildman–Crippen LogP) is 2.26. The second kappa shape index (κ2) is 10.3. The molecule has 3 rings (SSSR count). The second-order valence-electron chi connectivity index (χ2n) is 8.69. The minimum absolute atomic E-state index is 0.00370. The van der Waals surface area contributed by atoms with Crippen LogP contribution in [0.5, 0.6) is 5.75 Å². The Labute approximate surface area is 185 Å². The number of benzene rings is 1. The van der Waals surface area contributed by atoms with E-state index >= 15 is 0 Å². The average molecular weight is 454 g/mol. The zero-order valence-corrected chi connectivity index (χ0v) is 19.6. The molecule has 0 aliphatic carbocycles. The van der Waals surface area contributed by atoms with Crippen molar-refractivity contribution in [2.45, 2.75) is 51.2 Å². The van der Waals surface area contributed by atoms with E-state index in [-0.39, 0.29) is 5.78 Å². The number of fused-ring (bicyclic) bond motifs is 1. The summed E-state index contributed by atoms with van der Waals surface area (Å²) in [5.74, 6) is 0.546. The number of anilines is 1. The fraction of sp³-hybridized carbons (Fsp3) is 0.682. The molecule has 0 radical (unpaired) electrons. The molecule has 0 saturated carbocycles. The minimum Gasteiger partial charge on any atom is -0.486 e. The van der Waals surface area contributed by atoms with Crippen LogP contribution >= 0.6 is 0 Å². The summed E-state index contributed by atoms with van der Waals surface area (Å²) < 4.78 is 37.3. The maximum Gasteiger partial charge on any atom is 0.229 e. The Hall–Kier alpha value is -1.68. The van der Waals surface area contributed by atoms with Gasteiger partial charge < -0.3 is 19.7 Å². The molecule has 1 saturated heterocycles. The Morgan fingerprint density at radius 1 is 1.26 bits per heavy atom. The summed E-state index contributed by atoms with van der Waals surface area (Å²) in [6.45, 7) is 9.23. The van der Waals surface area contributed by atoms with Crippen molar-refractivity contribution < 1.29 is 22.7 Å². The third-order valence-corrected chi connectivity index (χ3v) is 6.67. The molecule has 1 fully saturated rings. The molecule has 1 spiro atoms. The molecule has 9 heteroatoms. The highest BCUT2D eigenvalue weighted by atomic mass is 32.2. The highest BCUT2D eigenvalue weighted by Crippen LogP contribution is 2.40. The molecule has 2 heterocycles. The number of nitrogens with zero attached hydrogens (tertiary/aromatic N) is 1. The second-order valence-corrected chi connectivity index (χ2v) is 10.4. The van der Waals surface area contributed by atoms with Gasteiger partial charge in [-0.3, -0.25) is 9.52 Å². The Balaban J connectivity index is 1.46. The molecule has 174 valence electrons. The van der Waals surface area contributed by atoms with Gasteiger partial charge in [-0.05, 0) is 31.5 Å². The van der Waals surface area contributed by atoms with Crippen molar-refractivity contribution in [3.63, 3.8) is 0 Å². The van der Waals surface area contributed by atoms with Crippen molar-refractivity contribution in [1.29, 1.82) is 0 Å². The van der Waals surface area contributed by atoms with Gasteiger partial charge in [0.1, 0.15) is 11.4 Å². The predicted molar refractivity (Wildman–Crippen MR) is 121 cm³/mol. The van der Waals surface area contributed by atoms with Crippen molar-refractivity contribution in [3.05, 3.63) is 23.8 Å². The fourth-order valence-electron chi connectivity index (χ4n) is 4.05. The molecule has 1 atom stereocenters. The maximum atomic E-state index is 12.8. The lowest BCUT2D eigenvalue weighted by atomic mass is 9.82. The van der Waals surface area contributed by atoms with Crippen LogP contribution in [0.25, 0.3) is 0 Å². The first kappa shape index (κ1) is 24.0. The first-order valence-electron chi connectivity index (χ1n) is 11.1. The van der Waals surface area contributed by atoms with Crippen molar-refractivity contribution in [2.24, 2.45) is 0 Å². The van der Waals surface area contributed by atoms with Crippen molar-refractivity contribution in [2.75, 3.05) is 50.4 Å². The number of ketones is 1. The van der Waals surface area contributed by atoms with Gasteiger partial charge in [-0.2, -0.15) is 0 Å². The quantitative estimate of drug-likeness (QED) is 0.525. The topological polar surface area (TPSA) is 97.0 Å². The lowest BCUT2D eigenvalue weighted by Crippen LogP contribution is -2.51. The zero-order chi connectivity index (χ0) is 22.5. The molecule has 0 bridgehead atoms. The van der Waals surface area contributed by atoms with Crippen LogP contribution in [0, 0.1) is 0 Å². The van der Waals surface area contributed by atoms with Crippen molar-refractivity contribution >= 4 is 21.5 Å². The van der Waals surface area contributed by atoms with Crippen LogP contribution in [0.2, 0.25) is 0 Å². The van der Waals surface area contributed by atoms with Crippen LogP contribution in [0.15, 0.2) is 18.2 Å². The van der Waals surface area contributed by atoms with Crippen LogP contribution in [0.4, 0.5) is 5.69 Å². The van der Waals surface area contributed by atoms with E-state index in [1.165, 1.54) is 0 Å². The highest BCUT2D eigenvalue weighted by molar-refractivity contribution is 7.92. The van der Waals surface area contributed by atoms with E-state index in [0.717, 1.165) is 51.7 Å². The lowest BCUT2D eigenvalue weighted by molar-refractivity contribution is -0.0148. The largest absolute Gasteiger partial charge is 0.486 e. The number of Topliss-reactive ketones (excluding diaryl/α,β-unsaturated/α-hetero) is 1. The third kappa shape index (κ3) is 6.90. The number of carbonyl (C=O) groups is 1. The van der Waals surface area contributed by atoms with Crippen molar-refractivity contribution in [3.8, 4) is 5.75 Å². The minimum atomic E-state index is -3.39. The summed E-state index contributed by atoms with van der Waals surface area (Å²) in [5.41, 5.74) is 0.359. The molecule has 0 amide bonds. The Bertz CT molecular complexity index is 866. The molecule has 0 aromatic heterocycles. The van der Waals surface area contributed by atoms with E-state index in [1.807, 2.05) is 0 Å². The summed E-state index contributed by atoms with van der Waals surface area (Å²) in [6, 6.07) is 5.41. The summed E-state index contributed by atoms with van der Waals surface area (Å²) in [5, 5.41) is 3.42. The molecule has 31 heavy (non-hydrogen) atoms. The highest BCUT2D eigenvalue weighted by Gasteiger charge is 2.42. The number of piperidine rings is 1. The van der Waals surface area contributed by atoms with Crippen LogP contribution < -0.4 is 14.8 Å². The van der Waals surface area contributed by atoms with Crippen LogP contribution in [-0.2, 0) is 14.8 Å². The van der Waals surface area contributed by atoms with E-state index < -0.39 is 15.6 Å². The van der Waals surface area contributed by atoms with Crippen molar-refractivity contribution in [1.82, 2.24) is 10.2 Å². The summed E-state index contributed by atoms with van der Waals surface area (Å²) >= 11 is 0. The standard InChI is InChI=1S/C22H35N3O5S/c1-4-17(2)23-9-13-29-14-12-25-10-7-22(8-11-25)16-20(26)19-15-18(24-31(3,27)28)5-6-21(19)30-22/h5-6,15,17,23-24H,4,7-14,16H2,1-3H3. The van der Waals surface area contributed by atoms with E-state index in [1.54, 1.807) is 18.2 Å². The lowest BCUT2D eigenvalue weighted by Gasteiger charge is -2.44. The number of ether oxygens (including phenoxy) is 2. The first-order chi connectivity index (χ1) is 14.7. The number of hydrogen-bond acceptors (Lipinski definition) is 7. The number of nitrogens with one attached hydrogen (secondary N) is 2. The van der Waals surface area contributed by atoms with Gasteiger partial charge in [-0.15, -0.1) is 0 Å². The molecule has 1 aromatic rings. The normalized spacial score (nSPS) is 19.6. The Morgan fingerprint density at radius 2 is 2.00 bits per heavy atom. The van der Waals surface area contributed by atoms with Gasteiger partial charge in [0.05, 0.1) is 31.5 Å². The smallest absolute Gasteiger partial charge is 0.229 e. The Kier molecular flexibility index (Phi) is 7.96. The van der Waals surface area contributed by atoms with Gasteiger partial charge in [-0.25, -0.2) is 8.42 Å². The SMILES string of the molecule is CCC(C)NCCOCCN1CCC2(CC1)CC(=O)c1cc(NS(C)(=O)=O)ccc1O2. The van der Waals surface area contributed by atoms with Crippen LogP contribution in [-0.4, -0.2) is 76.4 Å². The summed E-state index contributed by atoms with van der Waals surface area (Å²) in [7, 11) is -3.39. The summed E-state index contributed by atoms with van der Waals surface area (Å²) in [6.07, 6.45) is 4.10. The molecule has 2 aliphatic rings. The maximum absolute atomic E-state index is 12.8. The van der Waals surface area contributed by atoms with E-state index in [9.17, 15) is 13.2 Å². The molecule has 1 aromatic carbocycles. The fourth-order valence-corrected chi connectivity index (χ4v) is 4.61. The molecular formula is C22H35N3O5S. The van der Waals surface area contributed by atoms with Crippen LogP contribution in [0.3, 0.4) is 0 Å². The molecule has 8 nitrogen and oxygen atoms in total. The first-order valence-corrected chi connectivity index (χ1v) is 13.0. The number of sulfonamides is 1. The van der Waals surface area contributed by atoms with Gasteiger partial charge >= 0.3 is 0 Å². The van der Waals surface area contributed by atoms with E-state index in [4.69, 9.17) is 9.47 Å². The number of rotatable bonds is 10. The third-order valence-electron chi connectivity index (χ3n) is 6.06. The average Bonchev–Trinajstić information content (AvgIpc) is 2.71. The number of carbonyl (C=O) groups excluding carboxylic acids is 1.